The van der Waals surface area contributed by atoms with E-state index in [1.807, 2.05) is 0 Å². The Morgan fingerprint density at radius 2 is 1.94 bits per heavy atom. The predicted octanol–water partition coefficient (Wildman–Crippen LogP) is 2.81. The van der Waals surface area contributed by atoms with E-state index in [9.17, 15) is 13.2 Å². The highest BCUT2D eigenvalue weighted by Crippen LogP contribution is 2.57. The van der Waals surface area contributed by atoms with Crippen LogP contribution in [-0.4, -0.2) is 9.78 Å². The Labute approximate surface area is 91.4 Å². The molecule has 1 heterocycles. The molecule has 0 amide bonds. The van der Waals surface area contributed by atoms with Crippen molar-refractivity contribution in [1.29, 1.82) is 0 Å². The van der Waals surface area contributed by atoms with Crippen molar-refractivity contribution in [3.05, 3.63) is 17.0 Å². The first-order valence-electron chi connectivity index (χ1n) is 5.58. The smallest absolute Gasteiger partial charge is 0.272 e. The Morgan fingerprint density at radius 3 is 2.50 bits per heavy atom. The fourth-order valence-corrected chi connectivity index (χ4v) is 2.97. The molecule has 1 saturated carbocycles. The Hall–Kier alpha value is -1.00. The van der Waals surface area contributed by atoms with Gasteiger partial charge in [0.15, 0.2) is 5.69 Å². The summed E-state index contributed by atoms with van der Waals surface area (Å²) in [5.41, 5.74) is 0.499. The van der Waals surface area contributed by atoms with Crippen LogP contribution >= 0.6 is 0 Å². The monoisotopic (exact) mass is 230 g/mol. The summed E-state index contributed by atoms with van der Waals surface area (Å²) in [6.07, 6.45) is 0.108. The second-order valence-corrected chi connectivity index (χ2v) is 4.93. The van der Waals surface area contributed by atoms with E-state index in [-0.39, 0.29) is 5.41 Å². The zero-order chi connectivity index (χ0) is 11.6. The Kier molecular flexibility index (Phi) is 1.79. The minimum atomic E-state index is -4.31. The van der Waals surface area contributed by atoms with Crippen LogP contribution in [0.2, 0.25) is 0 Å². The van der Waals surface area contributed by atoms with Crippen molar-refractivity contribution in [2.75, 3.05) is 0 Å². The van der Waals surface area contributed by atoms with Crippen LogP contribution in [-0.2, 0) is 25.1 Å². The highest BCUT2D eigenvalue weighted by atomic mass is 19.4. The molecular weight excluding hydrogens is 217 g/mol. The number of aryl methyl sites for hydroxylation is 1. The van der Waals surface area contributed by atoms with Gasteiger partial charge in [0.05, 0.1) is 0 Å². The summed E-state index contributed by atoms with van der Waals surface area (Å²) in [6, 6.07) is 0. The van der Waals surface area contributed by atoms with E-state index in [4.69, 9.17) is 0 Å². The zero-order valence-electron chi connectivity index (χ0n) is 9.06. The van der Waals surface area contributed by atoms with Crippen molar-refractivity contribution in [1.82, 2.24) is 9.78 Å². The molecule has 0 unspecified atom stereocenters. The molecule has 3 rings (SSSR count). The highest BCUT2D eigenvalue weighted by Gasteiger charge is 2.53. The van der Waals surface area contributed by atoms with Crippen LogP contribution in [0.15, 0.2) is 0 Å². The van der Waals surface area contributed by atoms with Crippen molar-refractivity contribution < 1.29 is 13.2 Å². The lowest BCUT2D eigenvalue weighted by Crippen LogP contribution is -2.20. The average molecular weight is 230 g/mol. The van der Waals surface area contributed by atoms with E-state index in [2.05, 4.69) is 5.10 Å². The predicted molar refractivity (Wildman–Crippen MR) is 52.1 cm³/mol. The van der Waals surface area contributed by atoms with Gasteiger partial charge in [0.2, 0.25) is 0 Å². The number of alkyl halides is 3. The van der Waals surface area contributed by atoms with E-state index in [1.54, 1.807) is 7.05 Å². The van der Waals surface area contributed by atoms with E-state index in [0.717, 1.165) is 37.8 Å². The molecule has 0 aliphatic heterocycles. The SMILES string of the molecule is Cn1nc(C(F)(F)F)c2c1CCCC21CC1. The van der Waals surface area contributed by atoms with Gasteiger partial charge in [-0.2, -0.15) is 18.3 Å². The molecule has 0 aromatic carbocycles. The Morgan fingerprint density at radius 1 is 1.25 bits per heavy atom. The molecule has 5 heteroatoms. The summed E-state index contributed by atoms with van der Waals surface area (Å²) < 4.78 is 40.1. The lowest BCUT2D eigenvalue weighted by atomic mass is 9.82. The second-order valence-electron chi connectivity index (χ2n) is 4.93. The van der Waals surface area contributed by atoms with Crippen LogP contribution < -0.4 is 0 Å². The van der Waals surface area contributed by atoms with Gasteiger partial charge in [-0.15, -0.1) is 0 Å². The second kappa shape index (κ2) is 2.81. The number of rotatable bonds is 0. The summed E-state index contributed by atoms with van der Waals surface area (Å²) >= 11 is 0. The average Bonchev–Trinajstić information content (AvgIpc) is 2.84. The maximum atomic E-state index is 12.9. The van der Waals surface area contributed by atoms with Gasteiger partial charge in [-0.25, -0.2) is 0 Å². The molecule has 88 valence electrons. The van der Waals surface area contributed by atoms with Gasteiger partial charge >= 0.3 is 6.18 Å². The number of hydrogen-bond donors (Lipinski definition) is 0. The van der Waals surface area contributed by atoms with Gasteiger partial charge in [0, 0.05) is 18.3 Å². The van der Waals surface area contributed by atoms with Crippen molar-refractivity contribution >= 4 is 0 Å². The lowest BCUT2D eigenvalue weighted by molar-refractivity contribution is -0.142. The molecule has 0 saturated heterocycles. The quantitative estimate of drug-likeness (QED) is 0.670. The standard InChI is InChI=1S/C11H13F3N2/c1-16-7-3-2-4-10(5-6-10)8(7)9(15-16)11(12,13)14/h2-6H2,1H3. The minimum absolute atomic E-state index is 0.174. The molecule has 1 aromatic rings. The first-order valence-corrected chi connectivity index (χ1v) is 5.58. The van der Waals surface area contributed by atoms with Gasteiger partial charge in [-0.3, -0.25) is 4.68 Å². The number of fused-ring (bicyclic) bond motifs is 2. The normalized spacial score (nSPS) is 22.2. The van der Waals surface area contributed by atoms with E-state index in [1.165, 1.54) is 4.68 Å². The number of hydrogen-bond acceptors (Lipinski definition) is 1. The molecular formula is C11H13F3N2. The van der Waals surface area contributed by atoms with Crippen LogP contribution in [0.3, 0.4) is 0 Å². The van der Waals surface area contributed by atoms with Crippen LogP contribution in [0.5, 0.6) is 0 Å². The van der Waals surface area contributed by atoms with Crippen LogP contribution in [0.1, 0.15) is 42.6 Å². The maximum absolute atomic E-state index is 12.9. The topological polar surface area (TPSA) is 17.8 Å². The molecule has 2 aliphatic carbocycles. The molecule has 1 spiro atoms. The first-order chi connectivity index (χ1) is 7.44. The third-order valence-corrected chi connectivity index (χ3v) is 3.89. The number of nitrogens with zero attached hydrogens (tertiary/aromatic N) is 2. The molecule has 16 heavy (non-hydrogen) atoms. The fourth-order valence-electron chi connectivity index (χ4n) is 2.97. The molecule has 0 radical (unpaired) electrons. The third-order valence-electron chi connectivity index (χ3n) is 3.89. The lowest BCUT2D eigenvalue weighted by Gasteiger charge is -2.23. The molecule has 2 aliphatic rings. The molecule has 2 nitrogen and oxygen atoms in total. The van der Waals surface area contributed by atoms with Gasteiger partial charge in [0.1, 0.15) is 0 Å². The number of halogens is 3. The molecule has 0 atom stereocenters. The van der Waals surface area contributed by atoms with E-state index < -0.39 is 11.9 Å². The van der Waals surface area contributed by atoms with E-state index >= 15 is 0 Å². The van der Waals surface area contributed by atoms with Crippen molar-refractivity contribution in [2.24, 2.45) is 7.05 Å². The molecule has 0 N–H and O–H groups in total. The van der Waals surface area contributed by atoms with Gasteiger partial charge in [-0.05, 0) is 37.5 Å². The Balaban J connectivity index is 2.21. The first kappa shape index (κ1) is 10.2. The van der Waals surface area contributed by atoms with Crippen molar-refractivity contribution in [3.8, 4) is 0 Å². The molecule has 0 bridgehead atoms. The summed E-state index contributed by atoms with van der Waals surface area (Å²) in [6.45, 7) is 0. The van der Waals surface area contributed by atoms with Crippen LogP contribution in [0.25, 0.3) is 0 Å². The third kappa shape index (κ3) is 1.23. The summed E-state index contributed by atoms with van der Waals surface area (Å²) in [5, 5.41) is 3.69. The molecule has 1 aromatic heterocycles. The fraction of sp³-hybridized carbons (Fsp3) is 0.727. The molecule has 1 fully saturated rings. The van der Waals surface area contributed by atoms with E-state index in [0.29, 0.717) is 5.56 Å². The minimum Gasteiger partial charge on any atom is -0.272 e. The van der Waals surface area contributed by atoms with Crippen LogP contribution in [0.4, 0.5) is 13.2 Å². The van der Waals surface area contributed by atoms with Gasteiger partial charge in [-0.1, -0.05) is 0 Å². The maximum Gasteiger partial charge on any atom is 0.435 e. The number of aromatic nitrogens is 2. The van der Waals surface area contributed by atoms with Gasteiger partial charge < -0.3 is 0 Å². The largest absolute Gasteiger partial charge is 0.435 e. The van der Waals surface area contributed by atoms with Crippen molar-refractivity contribution in [3.63, 3.8) is 0 Å². The summed E-state index contributed by atoms with van der Waals surface area (Å²) in [5.74, 6) is 0. The highest BCUT2D eigenvalue weighted by molar-refractivity contribution is 5.42. The Bertz CT molecular complexity index is 441. The van der Waals surface area contributed by atoms with Gasteiger partial charge in [0.25, 0.3) is 0 Å². The summed E-state index contributed by atoms with van der Waals surface area (Å²) in [4.78, 5) is 0. The summed E-state index contributed by atoms with van der Waals surface area (Å²) in [7, 11) is 1.62. The van der Waals surface area contributed by atoms with Crippen LogP contribution in [0, 0.1) is 0 Å². The van der Waals surface area contributed by atoms with Crippen molar-refractivity contribution in [2.45, 2.75) is 43.7 Å². The zero-order valence-corrected chi connectivity index (χ0v) is 9.06.